The van der Waals surface area contributed by atoms with E-state index in [0.29, 0.717) is 6.54 Å². The molecule has 0 saturated carbocycles. The number of halogens is 1. The van der Waals surface area contributed by atoms with Crippen LogP contribution in [0.1, 0.15) is 26.0 Å². The maximum Gasteiger partial charge on any atom is 0.191 e. The second-order valence-corrected chi connectivity index (χ2v) is 4.50. The summed E-state index contributed by atoms with van der Waals surface area (Å²) in [4.78, 5) is 7.97. The fraction of sp³-hybridized carbons (Fsp3) is 0.400. The van der Waals surface area contributed by atoms with Crippen molar-refractivity contribution in [3.05, 3.63) is 36.0 Å². The number of hydrogen-bond acceptors (Lipinski definition) is 1. The highest BCUT2D eigenvalue weighted by molar-refractivity contribution is 14.0. The van der Waals surface area contributed by atoms with E-state index >= 15 is 0 Å². The molecule has 3 N–H and O–H groups in total. The van der Waals surface area contributed by atoms with E-state index < -0.39 is 0 Å². The molecule has 0 amide bonds. The highest BCUT2D eigenvalue weighted by atomic mass is 127. The summed E-state index contributed by atoms with van der Waals surface area (Å²) in [5, 5.41) is 7.78. The Balaban J connectivity index is 0.00000200. The Bertz CT molecular complexity index is 515. The molecule has 0 saturated heterocycles. The van der Waals surface area contributed by atoms with Gasteiger partial charge >= 0.3 is 0 Å². The van der Waals surface area contributed by atoms with E-state index in [-0.39, 0.29) is 24.0 Å². The predicted molar refractivity (Wildman–Crippen MR) is 96.8 cm³/mol. The van der Waals surface area contributed by atoms with E-state index in [2.05, 4.69) is 58.7 Å². The minimum absolute atomic E-state index is 0. The summed E-state index contributed by atoms with van der Waals surface area (Å²) in [7, 11) is 0. The number of aliphatic imine (C=N–C) groups is 1. The molecule has 2 aromatic rings. The summed E-state index contributed by atoms with van der Waals surface area (Å²) in [5.74, 6) is 0.878. The van der Waals surface area contributed by atoms with E-state index in [0.717, 1.165) is 31.2 Å². The molecule has 110 valence electrons. The Hall–Kier alpha value is -1.24. The summed E-state index contributed by atoms with van der Waals surface area (Å²) in [6.45, 7) is 6.70. The van der Waals surface area contributed by atoms with Crippen molar-refractivity contribution in [3.63, 3.8) is 0 Å². The third-order valence-corrected chi connectivity index (χ3v) is 2.88. The lowest BCUT2D eigenvalue weighted by Crippen LogP contribution is -2.37. The Morgan fingerprint density at radius 3 is 2.70 bits per heavy atom. The van der Waals surface area contributed by atoms with Gasteiger partial charge in [-0.15, -0.1) is 24.0 Å². The second-order valence-electron chi connectivity index (χ2n) is 4.50. The van der Waals surface area contributed by atoms with Crippen molar-refractivity contribution in [2.45, 2.75) is 26.8 Å². The van der Waals surface area contributed by atoms with Gasteiger partial charge in [0.2, 0.25) is 0 Å². The number of para-hydroxylation sites is 1. The number of nitrogens with one attached hydrogen (secondary N) is 3. The molecular weight excluding hydrogens is 363 g/mol. The van der Waals surface area contributed by atoms with Crippen LogP contribution in [0.15, 0.2) is 35.3 Å². The van der Waals surface area contributed by atoms with Gasteiger partial charge in [-0.3, -0.25) is 0 Å². The van der Waals surface area contributed by atoms with Crippen LogP contribution < -0.4 is 10.6 Å². The molecule has 2 rings (SSSR count). The van der Waals surface area contributed by atoms with Crippen LogP contribution in [0, 0.1) is 0 Å². The molecule has 20 heavy (non-hydrogen) atoms. The number of guanidine groups is 1. The Morgan fingerprint density at radius 1 is 1.20 bits per heavy atom. The molecule has 0 bridgehead atoms. The zero-order chi connectivity index (χ0) is 13.5. The molecule has 0 spiro atoms. The molecule has 0 aliphatic heterocycles. The molecule has 1 heterocycles. The molecule has 5 heteroatoms. The lowest BCUT2D eigenvalue weighted by molar-refractivity contribution is 0.784. The van der Waals surface area contributed by atoms with Gasteiger partial charge in [0.1, 0.15) is 0 Å². The normalized spacial score (nSPS) is 11.2. The summed E-state index contributed by atoms with van der Waals surface area (Å²) < 4.78 is 0. The molecule has 0 unspecified atom stereocenters. The van der Waals surface area contributed by atoms with Gasteiger partial charge < -0.3 is 15.6 Å². The monoisotopic (exact) mass is 386 g/mol. The molecule has 4 nitrogen and oxygen atoms in total. The summed E-state index contributed by atoms with van der Waals surface area (Å²) in [6.07, 6.45) is 1.09. The zero-order valence-electron chi connectivity index (χ0n) is 12.1. The average molecular weight is 386 g/mol. The molecule has 0 aliphatic carbocycles. The first-order valence-electron chi connectivity index (χ1n) is 6.92. The van der Waals surface area contributed by atoms with Crippen LogP contribution in [0.3, 0.4) is 0 Å². The molecule has 0 aliphatic rings. The van der Waals surface area contributed by atoms with Gasteiger partial charge in [0.15, 0.2) is 5.96 Å². The standard InChI is InChI=1S/C15H22N4.HI/c1-3-9-17-15(16-4-2)18-11-13-10-12-7-5-6-8-14(12)19-13;/h5-8,10,19H,3-4,9,11H2,1-2H3,(H2,16,17,18);1H. The summed E-state index contributed by atoms with van der Waals surface area (Å²) in [6, 6.07) is 10.4. The minimum Gasteiger partial charge on any atom is -0.357 e. The number of benzene rings is 1. The number of rotatable bonds is 5. The van der Waals surface area contributed by atoms with Gasteiger partial charge in [0, 0.05) is 24.3 Å². The smallest absolute Gasteiger partial charge is 0.191 e. The van der Waals surface area contributed by atoms with E-state index in [9.17, 15) is 0 Å². The Morgan fingerprint density at radius 2 is 2.00 bits per heavy atom. The first-order valence-corrected chi connectivity index (χ1v) is 6.92. The van der Waals surface area contributed by atoms with Crippen LogP contribution in [0.25, 0.3) is 10.9 Å². The number of H-pyrrole nitrogens is 1. The largest absolute Gasteiger partial charge is 0.357 e. The highest BCUT2D eigenvalue weighted by Crippen LogP contribution is 2.14. The van der Waals surface area contributed by atoms with Crippen molar-refractivity contribution in [2.75, 3.05) is 13.1 Å². The molecule has 0 radical (unpaired) electrons. The van der Waals surface area contributed by atoms with Crippen LogP contribution in [0.4, 0.5) is 0 Å². The average Bonchev–Trinajstić information content (AvgIpc) is 2.84. The maximum atomic E-state index is 4.58. The van der Waals surface area contributed by atoms with Crippen LogP contribution >= 0.6 is 24.0 Å². The molecule has 0 fully saturated rings. The van der Waals surface area contributed by atoms with Crippen molar-refractivity contribution in [1.29, 1.82) is 0 Å². The van der Waals surface area contributed by atoms with Crippen molar-refractivity contribution in [3.8, 4) is 0 Å². The van der Waals surface area contributed by atoms with E-state index in [1.807, 2.05) is 6.07 Å². The van der Waals surface area contributed by atoms with Gasteiger partial charge in [0.05, 0.1) is 6.54 Å². The van der Waals surface area contributed by atoms with E-state index in [4.69, 9.17) is 0 Å². The van der Waals surface area contributed by atoms with E-state index in [1.54, 1.807) is 0 Å². The van der Waals surface area contributed by atoms with Crippen LogP contribution in [-0.4, -0.2) is 24.0 Å². The second kappa shape index (κ2) is 8.84. The summed E-state index contributed by atoms with van der Waals surface area (Å²) >= 11 is 0. The predicted octanol–water partition coefficient (Wildman–Crippen LogP) is 3.25. The van der Waals surface area contributed by atoms with Crippen molar-refractivity contribution >= 4 is 40.8 Å². The zero-order valence-corrected chi connectivity index (χ0v) is 14.4. The first kappa shape index (κ1) is 16.8. The Kier molecular flexibility index (Phi) is 7.43. The fourth-order valence-electron chi connectivity index (χ4n) is 1.97. The summed E-state index contributed by atoms with van der Waals surface area (Å²) in [5.41, 5.74) is 2.30. The topological polar surface area (TPSA) is 52.2 Å². The van der Waals surface area contributed by atoms with Gasteiger partial charge in [-0.1, -0.05) is 25.1 Å². The lowest BCUT2D eigenvalue weighted by Gasteiger charge is -2.09. The number of fused-ring (bicyclic) bond motifs is 1. The SMILES string of the molecule is CCCNC(=NCc1cc2ccccc2[nH]1)NCC.I. The van der Waals surface area contributed by atoms with Crippen molar-refractivity contribution in [2.24, 2.45) is 4.99 Å². The fourth-order valence-corrected chi connectivity index (χ4v) is 1.97. The third-order valence-electron chi connectivity index (χ3n) is 2.88. The van der Waals surface area contributed by atoms with Gasteiger partial charge in [-0.05, 0) is 30.9 Å². The van der Waals surface area contributed by atoms with E-state index in [1.165, 1.54) is 10.9 Å². The number of hydrogen-bond donors (Lipinski definition) is 3. The van der Waals surface area contributed by atoms with Crippen molar-refractivity contribution < 1.29 is 0 Å². The van der Waals surface area contributed by atoms with Crippen LogP contribution in [0.2, 0.25) is 0 Å². The maximum absolute atomic E-state index is 4.58. The van der Waals surface area contributed by atoms with Gasteiger partial charge in [-0.25, -0.2) is 4.99 Å². The highest BCUT2D eigenvalue weighted by Gasteiger charge is 2.00. The number of nitrogens with zero attached hydrogens (tertiary/aromatic N) is 1. The molecule has 0 atom stereocenters. The third kappa shape index (κ3) is 4.70. The van der Waals surface area contributed by atoms with Crippen LogP contribution in [-0.2, 0) is 6.54 Å². The molecular formula is C15H23IN4. The minimum atomic E-state index is 0. The molecule has 1 aromatic carbocycles. The van der Waals surface area contributed by atoms with Crippen molar-refractivity contribution in [1.82, 2.24) is 15.6 Å². The van der Waals surface area contributed by atoms with Gasteiger partial charge in [-0.2, -0.15) is 0 Å². The lowest BCUT2D eigenvalue weighted by atomic mass is 10.2. The Labute approximate surface area is 137 Å². The molecule has 1 aromatic heterocycles. The van der Waals surface area contributed by atoms with Gasteiger partial charge in [0.25, 0.3) is 0 Å². The number of aromatic nitrogens is 1. The number of aromatic amines is 1. The van der Waals surface area contributed by atoms with Crippen LogP contribution in [0.5, 0.6) is 0 Å². The first-order chi connectivity index (χ1) is 9.33. The quantitative estimate of drug-likeness (QED) is 0.420.